The molecule has 0 atom stereocenters. The molecule has 1 fully saturated rings. The Bertz CT molecular complexity index is 442. The van der Waals surface area contributed by atoms with E-state index in [9.17, 15) is 4.79 Å². The molecule has 0 unspecified atom stereocenters. The molecule has 0 spiro atoms. The molecule has 1 aromatic carbocycles. The topological polar surface area (TPSA) is 41.1 Å². The summed E-state index contributed by atoms with van der Waals surface area (Å²) in [5, 5.41) is 7.42. The van der Waals surface area contributed by atoms with Crippen molar-refractivity contribution in [3.8, 4) is 0 Å². The van der Waals surface area contributed by atoms with Gasteiger partial charge < -0.3 is 10.6 Å². The molecule has 1 aliphatic carbocycles. The van der Waals surface area contributed by atoms with Gasteiger partial charge in [0.2, 0.25) is 5.91 Å². The largest absolute Gasteiger partial charge is 0.354 e. The Morgan fingerprint density at radius 3 is 2.60 bits per heavy atom. The lowest BCUT2D eigenvalue weighted by atomic mass is 9.91. The number of halogens is 1. The number of nitrogens with one attached hydrogen (secondary N) is 2. The van der Waals surface area contributed by atoms with E-state index >= 15 is 0 Å². The molecule has 110 valence electrons. The predicted molar refractivity (Wildman–Crippen MR) is 83.0 cm³/mol. The standard InChI is InChI=1S/C16H23ClN2O/c1-12(20)19-16-7-5-15(6-8-16)18-10-9-13-3-2-4-14(17)11-13/h2-4,11,15-16,18H,5-10H2,1H3,(H,19,20). The lowest BCUT2D eigenvalue weighted by Crippen LogP contribution is -2.41. The monoisotopic (exact) mass is 294 g/mol. The van der Waals surface area contributed by atoms with Gasteiger partial charge in [0.1, 0.15) is 0 Å². The highest BCUT2D eigenvalue weighted by Gasteiger charge is 2.20. The molecule has 0 radical (unpaired) electrons. The van der Waals surface area contributed by atoms with Crippen LogP contribution in [-0.2, 0) is 11.2 Å². The maximum Gasteiger partial charge on any atom is 0.217 e. The number of benzene rings is 1. The van der Waals surface area contributed by atoms with Crippen molar-refractivity contribution in [2.45, 2.75) is 51.1 Å². The summed E-state index contributed by atoms with van der Waals surface area (Å²) in [5.41, 5.74) is 1.27. The van der Waals surface area contributed by atoms with E-state index in [1.165, 1.54) is 5.56 Å². The molecule has 1 amide bonds. The zero-order chi connectivity index (χ0) is 14.4. The van der Waals surface area contributed by atoms with E-state index < -0.39 is 0 Å². The molecule has 1 aromatic rings. The van der Waals surface area contributed by atoms with Crippen LogP contribution in [0.3, 0.4) is 0 Å². The quantitative estimate of drug-likeness (QED) is 0.877. The molecule has 0 bridgehead atoms. The van der Waals surface area contributed by atoms with Crippen molar-refractivity contribution in [2.75, 3.05) is 6.54 Å². The van der Waals surface area contributed by atoms with Gasteiger partial charge in [-0.15, -0.1) is 0 Å². The summed E-state index contributed by atoms with van der Waals surface area (Å²) in [6.07, 6.45) is 5.44. The Morgan fingerprint density at radius 2 is 1.95 bits per heavy atom. The first-order valence-corrected chi connectivity index (χ1v) is 7.76. The Morgan fingerprint density at radius 1 is 1.25 bits per heavy atom. The first-order valence-electron chi connectivity index (χ1n) is 7.38. The molecular weight excluding hydrogens is 272 g/mol. The highest BCUT2D eigenvalue weighted by Crippen LogP contribution is 2.18. The highest BCUT2D eigenvalue weighted by molar-refractivity contribution is 6.30. The molecule has 2 rings (SSSR count). The summed E-state index contributed by atoms with van der Waals surface area (Å²) >= 11 is 5.98. The average molecular weight is 295 g/mol. The van der Waals surface area contributed by atoms with Crippen molar-refractivity contribution in [3.05, 3.63) is 34.9 Å². The van der Waals surface area contributed by atoms with Crippen LogP contribution in [0.25, 0.3) is 0 Å². The summed E-state index contributed by atoms with van der Waals surface area (Å²) in [7, 11) is 0. The van der Waals surface area contributed by atoms with Crippen molar-refractivity contribution in [2.24, 2.45) is 0 Å². The van der Waals surface area contributed by atoms with Gasteiger partial charge in [0.05, 0.1) is 0 Å². The second-order valence-corrected chi connectivity index (χ2v) is 6.02. The van der Waals surface area contributed by atoms with Crippen LogP contribution >= 0.6 is 11.6 Å². The summed E-state index contributed by atoms with van der Waals surface area (Å²) in [4.78, 5) is 11.0. The van der Waals surface area contributed by atoms with Crippen LogP contribution in [0, 0.1) is 0 Å². The van der Waals surface area contributed by atoms with E-state index in [0.717, 1.165) is 43.7 Å². The van der Waals surface area contributed by atoms with Gasteiger partial charge in [0, 0.05) is 24.0 Å². The second kappa shape index (κ2) is 7.65. The highest BCUT2D eigenvalue weighted by atomic mass is 35.5. The number of amides is 1. The van der Waals surface area contributed by atoms with Crippen molar-refractivity contribution >= 4 is 17.5 Å². The first-order chi connectivity index (χ1) is 9.63. The normalized spacial score (nSPS) is 22.5. The third-order valence-corrected chi connectivity index (χ3v) is 4.11. The summed E-state index contributed by atoms with van der Waals surface area (Å²) < 4.78 is 0. The molecular formula is C16H23ClN2O. The lowest BCUT2D eigenvalue weighted by Gasteiger charge is -2.29. The van der Waals surface area contributed by atoms with E-state index in [4.69, 9.17) is 11.6 Å². The first kappa shape index (κ1) is 15.3. The minimum Gasteiger partial charge on any atom is -0.354 e. The third kappa shape index (κ3) is 5.14. The predicted octanol–water partition coefficient (Wildman–Crippen LogP) is 2.92. The van der Waals surface area contributed by atoms with E-state index in [1.807, 2.05) is 18.2 Å². The summed E-state index contributed by atoms with van der Waals surface area (Å²) in [5.74, 6) is 0.0855. The molecule has 1 aliphatic rings. The van der Waals surface area contributed by atoms with Gasteiger partial charge >= 0.3 is 0 Å². The number of hydrogen-bond acceptors (Lipinski definition) is 2. The molecule has 3 nitrogen and oxygen atoms in total. The number of carbonyl (C=O) groups excluding carboxylic acids is 1. The minimum atomic E-state index is 0.0855. The molecule has 0 heterocycles. The zero-order valence-corrected chi connectivity index (χ0v) is 12.7. The van der Waals surface area contributed by atoms with Crippen LogP contribution < -0.4 is 10.6 Å². The van der Waals surface area contributed by atoms with Crippen LogP contribution in [0.5, 0.6) is 0 Å². The molecule has 20 heavy (non-hydrogen) atoms. The van der Waals surface area contributed by atoms with Gasteiger partial charge in [0.25, 0.3) is 0 Å². The third-order valence-electron chi connectivity index (χ3n) is 3.87. The molecule has 0 aliphatic heterocycles. The van der Waals surface area contributed by atoms with E-state index in [0.29, 0.717) is 12.1 Å². The van der Waals surface area contributed by atoms with Gasteiger partial charge in [-0.2, -0.15) is 0 Å². The fourth-order valence-corrected chi connectivity index (χ4v) is 3.06. The maximum atomic E-state index is 11.0. The number of rotatable bonds is 5. The van der Waals surface area contributed by atoms with Gasteiger partial charge in [-0.25, -0.2) is 0 Å². The molecule has 0 saturated heterocycles. The van der Waals surface area contributed by atoms with E-state index in [-0.39, 0.29) is 5.91 Å². The second-order valence-electron chi connectivity index (χ2n) is 5.58. The fourth-order valence-electron chi connectivity index (χ4n) is 2.84. The smallest absolute Gasteiger partial charge is 0.217 e. The van der Waals surface area contributed by atoms with Crippen LogP contribution in [0.15, 0.2) is 24.3 Å². The molecule has 1 saturated carbocycles. The van der Waals surface area contributed by atoms with Crippen LogP contribution in [0.4, 0.5) is 0 Å². The zero-order valence-electron chi connectivity index (χ0n) is 12.0. The Balaban J connectivity index is 1.65. The number of hydrogen-bond donors (Lipinski definition) is 2. The lowest BCUT2D eigenvalue weighted by molar-refractivity contribution is -0.119. The summed E-state index contributed by atoms with van der Waals surface area (Å²) in [6, 6.07) is 8.99. The van der Waals surface area contributed by atoms with Crippen molar-refractivity contribution < 1.29 is 4.79 Å². The summed E-state index contributed by atoms with van der Waals surface area (Å²) in [6.45, 7) is 2.57. The van der Waals surface area contributed by atoms with Gasteiger partial charge in [-0.3, -0.25) is 4.79 Å². The molecule has 0 aromatic heterocycles. The van der Waals surface area contributed by atoms with Crippen molar-refractivity contribution in [1.82, 2.24) is 10.6 Å². The average Bonchev–Trinajstić information content (AvgIpc) is 2.40. The SMILES string of the molecule is CC(=O)NC1CCC(NCCc2cccc(Cl)c2)CC1. The Kier molecular flexibility index (Phi) is 5.86. The van der Waals surface area contributed by atoms with Crippen molar-refractivity contribution in [1.29, 1.82) is 0 Å². The van der Waals surface area contributed by atoms with Crippen LogP contribution in [-0.4, -0.2) is 24.5 Å². The van der Waals surface area contributed by atoms with Crippen LogP contribution in [0.2, 0.25) is 5.02 Å². The van der Waals surface area contributed by atoms with Crippen molar-refractivity contribution in [3.63, 3.8) is 0 Å². The number of carbonyl (C=O) groups is 1. The maximum absolute atomic E-state index is 11.0. The van der Waals surface area contributed by atoms with E-state index in [1.54, 1.807) is 6.92 Å². The van der Waals surface area contributed by atoms with Gasteiger partial charge in [0.15, 0.2) is 0 Å². The van der Waals surface area contributed by atoms with Crippen LogP contribution in [0.1, 0.15) is 38.2 Å². The fraction of sp³-hybridized carbons (Fsp3) is 0.562. The molecule has 2 N–H and O–H groups in total. The van der Waals surface area contributed by atoms with Gasteiger partial charge in [-0.05, 0) is 56.3 Å². The van der Waals surface area contributed by atoms with Gasteiger partial charge in [-0.1, -0.05) is 23.7 Å². The van der Waals surface area contributed by atoms with E-state index in [2.05, 4.69) is 16.7 Å². The minimum absolute atomic E-state index is 0.0855. The molecule has 4 heteroatoms. The Hall–Kier alpha value is -1.06. The Labute approximate surface area is 126 Å².